The molecule has 2 aliphatic carbocycles. The van der Waals surface area contributed by atoms with Gasteiger partial charge in [0, 0.05) is 18.3 Å². The van der Waals surface area contributed by atoms with Gasteiger partial charge in [-0.2, -0.15) is 0 Å². The van der Waals surface area contributed by atoms with E-state index < -0.39 is 0 Å². The molecule has 4 rings (SSSR count). The molecule has 2 fully saturated rings. The molecular weight excluding hydrogens is 222 g/mol. The van der Waals surface area contributed by atoms with E-state index in [4.69, 9.17) is 0 Å². The molecule has 2 aliphatic heterocycles. The Kier molecular flexibility index (Phi) is 2.26. The van der Waals surface area contributed by atoms with Gasteiger partial charge in [-0.05, 0) is 67.4 Å². The molecular formula is C16H19NO. The fraction of sp³-hybridized carbons (Fsp3) is 0.562. The number of fused-ring (bicyclic) bond motifs is 4. The lowest BCUT2D eigenvalue weighted by molar-refractivity contribution is -0.110. The lowest BCUT2D eigenvalue weighted by Crippen LogP contribution is -2.44. The van der Waals surface area contributed by atoms with Crippen molar-refractivity contribution in [2.75, 3.05) is 6.54 Å². The Morgan fingerprint density at radius 1 is 1.11 bits per heavy atom. The maximum atomic E-state index is 11.5. The first-order chi connectivity index (χ1) is 8.83. The van der Waals surface area contributed by atoms with Crippen LogP contribution in [0.25, 0.3) is 0 Å². The van der Waals surface area contributed by atoms with E-state index in [2.05, 4.69) is 11.0 Å². The SMILES string of the molecule is O=C1C=CC2=C3CCC4CCCC4N3CCC2=C1. The minimum Gasteiger partial charge on any atom is -0.371 e. The fourth-order valence-electron chi connectivity index (χ4n) is 4.32. The molecule has 0 bridgehead atoms. The third-order valence-electron chi connectivity index (χ3n) is 5.13. The van der Waals surface area contributed by atoms with Crippen LogP contribution in [-0.4, -0.2) is 23.3 Å². The number of hydrogen-bond acceptors (Lipinski definition) is 2. The van der Waals surface area contributed by atoms with Crippen molar-refractivity contribution in [3.63, 3.8) is 0 Å². The van der Waals surface area contributed by atoms with Crippen LogP contribution in [0.5, 0.6) is 0 Å². The van der Waals surface area contributed by atoms with E-state index in [9.17, 15) is 4.79 Å². The second kappa shape index (κ2) is 3.84. The highest BCUT2D eigenvalue weighted by molar-refractivity contribution is 6.02. The average molecular weight is 241 g/mol. The van der Waals surface area contributed by atoms with E-state index in [0.29, 0.717) is 0 Å². The second-order valence-electron chi connectivity index (χ2n) is 6.01. The van der Waals surface area contributed by atoms with Gasteiger partial charge in [0.2, 0.25) is 0 Å². The van der Waals surface area contributed by atoms with Crippen molar-refractivity contribution < 1.29 is 4.79 Å². The third kappa shape index (κ3) is 1.44. The summed E-state index contributed by atoms with van der Waals surface area (Å²) in [6.45, 7) is 1.13. The van der Waals surface area contributed by atoms with E-state index in [1.165, 1.54) is 48.9 Å². The molecule has 2 atom stereocenters. The quantitative estimate of drug-likeness (QED) is 0.650. The smallest absolute Gasteiger partial charge is 0.178 e. The van der Waals surface area contributed by atoms with E-state index in [0.717, 1.165) is 24.9 Å². The number of ketones is 1. The van der Waals surface area contributed by atoms with E-state index in [-0.39, 0.29) is 5.78 Å². The van der Waals surface area contributed by atoms with Crippen LogP contribution >= 0.6 is 0 Å². The number of allylic oxidation sites excluding steroid dienone is 5. The topological polar surface area (TPSA) is 20.3 Å². The highest BCUT2D eigenvalue weighted by Crippen LogP contribution is 2.45. The summed E-state index contributed by atoms with van der Waals surface area (Å²) in [7, 11) is 0. The highest BCUT2D eigenvalue weighted by Gasteiger charge is 2.39. The number of carbonyl (C=O) groups excluding carboxylic acids is 1. The van der Waals surface area contributed by atoms with Gasteiger partial charge in [0.1, 0.15) is 0 Å². The Morgan fingerprint density at radius 3 is 3.00 bits per heavy atom. The van der Waals surface area contributed by atoms with Gasteiger partial charge in [-0.15, -0.1) is 0 Å². The van der Waals surface area contributed by atoms with Crippen LogP contribution in [0.4, 0.5) is 0 Å². The summed E-state index contributed by atoms with van der Waals surface area (Å²) in [5.41, 5.74) is 4.18. The van der Waals surface area contributed by atoms with Gasteiger partial charge in [0.25, 0.3) is 0 Å². The van der Waals surface area contributed by atoms with Crippen molar-refractivity contribution in [1.29, 1.82) is 0 Å². The van der Waals surface area contributed by atoms with Gasteiger partial charge in [0.15, 0.2) is 5.78 Å². The van der Waals surface area contributed by atoms with E-state index in [1.54, 1.807) is 6.08 Å². The molecule has 2 nitrogen and oxygen atoms in total. The molecule has 1 saturated heterocycles. The first-order valence-corrected chi connectivity index (χ1v) is 7.26. The van der Waals surface area contributed by atoms with Gasteiger partial charge in [-0.3, -0.25) is 4.79 Å². The van der Waals surface area contributed by atoms with Gasteiger partial charge < -0.3 is 4.90 Å². The fourth-order valence-corrected chi connectivity index (χ4v) is 4.32. The van der Waals surface area contributed by atoms with Crippen molar-refractivity contribution in [2.24, 2.45) is 5.92 Å². The van der Waals surface area contributed by atoms with Crippen LogP contribution in [0.2, 0.25) is 0 Å². The summed E-state index contributed by atoms with van der Waals surface area (Å²) in [5, 5.41) is 0. The van der Waals surface area contributed by atoms with E-state index >= 15 is 0 Å². The minimum absolute atomic E-state index is 0.164. The lowest BCUT2D eigenvalue weighted by atomic mass is 9.82. The molecule has 0 aromatic carbocycles. The van der Waals surface area contributed by atoms with Crippen LogP contribution < -0.4 is 0 Å². The Hall–Kier alpha value is -1.31. The molecule has 94 valence electrons. The molecule has 2 heterocycles. The summed E-state index contributed by atoms with van der Waals surface area (Å²) < 4.78 is 0. The first-order valence-electron chi connectivity index (χ1n) is 7.26. The molecule has 0 aromatic heterocycles. The summed E-state index contributed by atoms with van der Waals surface area (Å²) in [6.07, 6.45) is 13.5. The van der Waals surface area contributed by atoms with Crippen molar-refractivity contribution >= 4 is 5.78 Å². The van der Waals surface area contributed by atoms with Crippen LogP contribution in [0.3, 0.4) is 0 Å². The molecule has 2 unspecified atom stereocenters. The first kappa shape index (κ1) is 10.6. The zero-order valence-corrected chi connectivity index (χ0v) is 10.7. The minimum atomic E-state index is 0.164. The highest BCUT2D eigenvalue weighted by atomic mass is 16.1. The maximum Gasteiger partial charge on any atom is 0.178 e. The Morgan fingerprint density at radius 2 is 2.06 bits per heavy atom. The molecule has 4 aliphatic rings. The number of rotatable bonds is 0. The van der Waals surface area contributed by atoms with Crippen molar-refractivity contribution in [2.45, 2.75) is 44.6 Å². The normalized spacial score (nSPS) is 34.1. The van der Waals surface area contributed by atoms with Crippen LogP contribution in [0.1, 0.15) is 38.5 Å². The van der Waals surface area contributed by atoms with Gasteiger partial charge >= 0.3 is 0 Å². The molecule has 0 spiro atoms. The zero-order valence-electron chi connectivity index (χ0n) is 10.7. The van der Waals surface area contributed by atoms with Gasteiger partial charge in [-0.1, -0.05) is 6.42 Å². The maximum absolute atomic E-state index is 11.5. The lowest BCUT2D eigenvalue weighted by Gasteiger charge is -2.45. The molecule has 0 aromatic rings. The predicted molar refractivity (Wildman–Crippen MR) is 70.9 cm³/mol. The largest absolute Gasteiger partial charge is 0.371 e. The average Bonchev–Trinajstić information content (AvgIpc) is 2.86. The monoisotopic (exact) mass is 241 g/mol. The number of piperidine rings is 1. The summed E-state index contributed by atoms with van der Waals surface area (Å²) in [4.78, 5) is 14.1. The number of carbonyl (C=O) groups is 1. The number of nitrogens with zero attached hydrogens (tertiary/aromatic N) is 1. The van der Waals surface area contributed by atoms with Gasteiger partial charge in [-0.25, -0.2) is 0 Å². The molecule has 0 radical (unpaired) electrons. The predicted octanol–water partition coefficient (Wildman–Crippen LogP) is 2.97. The molecule has 0 amide bonds. The summed E-state index contributed by atoms with van der Waals surface area (Å²) in [6, 6.07) is 0.800. The van der Waals surface area contributed by atoms with Crippen LogP contribution in [-0.2, 0) is 4.79 Å². The zero-order chi connectivity index (χ0) is 12.1. The van der Waals surface area contributed by atoms with Crippen LogP contribution in [0, 0.1) is 5.92 Å². The van der Waals surface area contributed by atoms with Crippen molar-refractivity contribution in [1.82, 2.24) is 4.90 Å². The molecule has 18 heavy (non-hydrogen) atoms. The Balaban J connectivity index is 1.76. The molecule has 0 N–H and O–H groups in total. The molecule has 1 saturated carbocycles. The third-order valence-corrected chi connectivity index (χ3v) is 5.13. The number of hydrogen-bond donors (Lipinski definition) is 0. The van der Waals surface area contributed by atoms with Crippen LogP contribution in [0.15, 0.2) is 35.1 Å². The second-order valence-corrected chi connectivity index (χ2v) is 6.01. The van der Waals surface area contributed by atoms with Gasteiger partial charge in [0.05, 0.1) is 0 Å². The standard InChI is InChI=1S/C16H19NO/c18-13-5-6-14-12(10-13)8-9-17-15-3-1-2-11(15)4-7-16(14)17/h5-6,10-11,15H,1-4,7-9H2. The Labute approximate surface area is 108 Å². The summed E-state index contributed by atoms with van der Waals surface area (Å²) >= 11 is 0. The summed E-state index contributed by atoms with van der Waals surface area (Å²) in [5.74, 6) is 1.10. The van der Waals surface area contributed by atoms with Crippen molar-refractivity contribution in [3.05, 3.63) is 35.1 Å². The van der Waals surface area contributed by atoms with E-state index in [1.807, 2.05) is 6.08 Å². The van der Waals surface area contributed by atoms with Crippen molar-refractivity contribution in [3.8, 4) is 0 Å². The Bertz CT molecular complexity index is 497. The molecule has 2 heteroatoms.